The summed E-state index contributed by atoms with van der Waals surface area (Å²) in [6.07, 6.45) is 1.80. The van der Waals surface area contributed by atoms with Crippen LogP contribution in [0.1, 0.15) is 31.3 Å². The van der Waals surface area contributed by atoms with Crippen molar-refractivity contribution in [3.05, 3.63) is 83.4 Å². The van der Waals surface area contributed by atoms with Crippen LogP contribution in [0.25, 0.3) is 17.0 Å². The van der Waals surface area contributed by atoms with Crippen molar-refractivity contribution in [1.82, 2.24) is 20.4 Å². The van der Waals surface area contributed by atoms with Gasteiger partial charge in [-0.1, -0.05) is 47.1 Å². The molecule has 0 saturated carbocycles. The molecule has 0 amide bonds. The van der Waals surface area contributed by atoms with Crippen molar-refractivity contribution in [1.29, 1.82) is 0 Å². The van der Waals surface area contributed by atoms with E-state index in [0.29, 0.717) is 35.0 Å². The molecule has 4 rings (SSSR count). The van der Waals surface area contributed by atoms with E-state index >= 15 is 0 Å². The molecule has 1 atom stereocenters. The highest BCUT2D eigenvalue weighted by Gasteiger charge is 2.33. The fourth-order valence-electron chi connectivity index (χ4n) is 3.66. The molecule has 0 spiro atoms. The lowest BCUT2D eigenvalue weighted by molar-refractivity contribution is 0.340. The summed E-state index contributed by atoms with van der Waals surface area (Å²) in [5.41, 5.74) is 3.57. The zero-order valence-electron chi connectivity index (χ0n) is 17.8. The summed E-state index contributed by atoms with van der Waals surface area (Å²) in [4.78, 5) is 6.65. The minimum atomic E-state index is -0.257. The number of nitrogens with zero attached hydrogens (tertiary/aromatic N) is 3. The fourth-order valence-corrected chi connectivity index (χ4v) is 4.18. The maximum Gasteiger partial charge on any atom is 0.258 e. The molecule has 3 aromatic rings. The van der Waals surface area contributed by atoms with Crippen molar-refractivity contribution < 1.29 is 9.26 Å². The van der Waals surface area contributed by atoms with Crippen molar-refractivity contribution in [2.45, 2.75) is 19.9 Å². The maximum atomic E-state index is 6.14. The lowest BCUT2D eigenvalue weighted by Gasteiger charge is -2.36. The number of halogens is 1. The van der Waals surface area contributed by atoms with E-state index < -0.39 is 0 Å². The predicted octanol–water partition coefficient (Wildman–Crippen LogP) is 5.64. The van der Waals surface area contributed by atoms with E-state index in [1.807, 2.05) is 55.1 Å². The topological polar surface area (TPSA) is 63.4 Å². The lowest BCUT2D eigenvalue weighted by atomic mass is 9.94. The Bertz CT molecular complexity index is 1170. The molecule has 1 aromatic heterocycles. The molecule has 0 saturated heterocycles. The van der Waals surface area contributed by atoms with Gasteiger partial charge in [0.15, 0.2) is 5.11 Å². The van der Waals surface area contributed by atoms with Gasteiger partial charge in [-0.25, -0.2) is 0 Å². The van der Waals surface area contributed by atoms with E-state index in [1.165, 1.54) is 0 Å². The van der Waals surface area contributed by atoms with Crippen molar-refractivity contribution in [3.8, 4) is 17.1 Å². The first-order chi connectivity index (χ1) is 15.5. The second kappa shape index (κ2) is 9.54. The molecule has 164 valence electrons. The number of ether oxygens (including phenoxy) is 1. The summed E-state index contributed by atoms with van der Waals surface area (Å²) < 4.78 is 11.3. The number of hydrogen-bond donors (Lipinski definition) is 1. The van der Waals surface area contributed by atoms with E-state index in [1.54, 1.807) is 18.2 Å². The third kappa shape index (κ3) is 4.40. The number of rotatable bonds is 7. The van der Waals surface area contributed by atoms with Gasteiger partial charge in [-0.05, 0) is 55.9 Å². The van der Waals surface area contributed by atoms with Crippen LogP contribution in [0.3, 0.4) is 0 Å². The first kappa shape index (κ1) is 22.0. The van der Waals surface area contributed by atoms with E-state index in [2.05, 4.69) is 22.0 Å². The quantitative estimate of drug-likeness (QED) is 0.357. The molecule has 1 N–H and O–H groups in total. The molecule has 1 unspecified atom stereocenters. The third-order valence-electron chi connectivity index (χ3n) is 5.17. The predicted molar refractivity (Wildman–Crippen MR) is 130 cm³/mol. The van der Waals surface area contributed by atoms with E-state index in [9.17, 15) is 0 Å². The van der Waals surface area contributed by atoms with Gasteiger partial charge in [-0.3, -0.25) is 0 Å². The Balaban J connectivity index is 1.78. The van der Waals surface area contributed by atoms with Crippen LogP contribution in [-0.2, 0) is 0 Å². The summed E-state index contributed by atoms with van der Waals surface area (Å²) >= 11 is 11.8. The Hall–Kier alpha value is -3.16. The van der Waals surface area contributed by atoms with Gasteiger partial charge in [0.25, 0.3) is 5.89 Å². The van der Waals surface area contributed by atoms with Crippen LogP contribution in [0.5, 0.6) is 5.75 Å². The molecule has 6 nitrogen and oxygen atoms in total. The standard InChI is InChI=1S/C24H23ClN4O2S/c1-4-13-29-15(3)20(23-27-22(28-31-23)17-7-6-8-18(25)14-17)21(26-24(29)32)16-9-11-19(12-10-16)30-5-2/h4,6-12,14,21H,1,5,13H2,2-3H3,(H,26,32). The van der Waals surface area contributed by atoms with Crippen LogP contribution >= 0.6 is 23.8 Å². The number of nitrogens with one attached hydrogen (secondary N) is 1. The van der Waals surface area contributed by atoms with E-state index in [-0.39, 0.29) is 6.04 Å². The summed E-state index contributed by atoms with van der Waals surface area (Å²) in [6, 6.07) is 15.0. The van der Waals surface area contributed by atoms with Crippen LogP contribution in [0, 0.1) is 0 Å². The molecule has 1 aliphatic heterocycles. The van der Waals surface area contributed by atoms with Crippen LogP contribution in [-0.4, -0.2) is 33.3 Å². The third-order valence-corrected chi connectivity index (χ3v) is 5.75. The number of allylic oxidation sites excluding steroid dienone is 1. The fraction of sp³-hybridized carbons (Fsp3) is 0.208. The summed E-state index contributed by atoms with van der Waals surface area (Å²) in [7, 11) is 0. The summed E-state index contributed by atoms with van der Waals surface area (Å²) in [5.74, 6) is 1.70. The van der Waals surface area contributed by atoms with Crippen molar-refractivity contribution in [2.75, 3.05) is 13.2 Å². The van der Waals surface area contributed by atoms with Gasteiger partial charge in [-0.15, -0.1) is 6.58 Å². The van der Waals surface area contributed by atoms with Crippen LogP contribution in [0.2, 0.25) is 5.02 Å². The average molecular weight is 467 g/mol. The Morgan fingerprint density at radius 2 is 2.06 bits per heavy atom. The zero-order chi connectivity index (χ0) is 22.7. The second-order valence-electron chi connectivity index (χ2n) is 7.22. The number of benzene rings is 2. The molecular weight excluding hydrogens is 444 g/mol. The molecule has 8 heteroatoms. The normalized spacial score (nSPS) is 16.2. The Morgan fingerprint density at radius 1 is 1.28 bits per heavy atom. The number of hydrogen-bond acceptors (Lipinski definition) is 5. The van der Waals surface area contributed by atoms with Gasteiger partial charge >= 0.3 is 0 Å². The van der Waals surface area contributed by atoms with Gasteiger partial charge in [0.2, 0.25) is 5.82 Å². The highest BCUT2D eigenvalue weighted by molar-refractivity contribution is 7.80. The SMILES string of the molecule is C=CCN1C(=S)NC(c2ccc(OCC)cc2)C(c2nc(-c3cccc(Cl)c3)no2)=C1C. The number of thiocarbonyl (C=S) groups is 1. The van der Waals surface area contributed by atoms with Gasteiger partial charge in [0.1, 0.15) is 5.75 Å². The minimum Gasteiger partial charge on any atom is -0.494 e. The number of aromatic nitrogens is 2. The van der Waals surface area contributed by atoms with Crippen LogP contribution in [0.15, 0.2) is 71.4 Å². The molecule has 32 heavy (non-hydrogen) atoms. The van der Waals surface area contributed by atoms with Crippen LogP contribution < -0.4 is 10.1 Å². The van der Waals surface area contributed by atoms with Crippen LogP contribution in [0.4, 0.5) is 0 Å². The second-order valence-corrected chi connectivity index (χ2v) is 8.04. The lowest BCUT2D eigenvalue weighted by Crippen LogP contribution is -2.45. The highest BCUT2D eigenvalue weighted by Crippen LogP contribution is 2.38. The first-order valence-electron chi connectivity index (χ1n) is 10.2. The highest BCUT2D eigenvalue weighted by atomic mass is 35.5. The smallest absolute Gasteiger partial charge is 0.258 e. The molecule has 2 heterocycles. The molecule has 0 fully saturated rings. The van der Waals surface area contributed by atoms with Crippen molar-refractivity contribution >= 4 is 34.5 Å². The maximum absolute atomic E-state index is 6.14. The van der Waals surface area contributed by atoms with Gasteiger partial charge in [0, 0.05) is 22.8 Å². The molecule has 0 aliphatic carbocycles. The monoisotopic (exact) mass is 466 g/mol. The van der Waals surface area contributed by atoms with Crippen molar-refractivity contribution in [3.63, 3.8) is 0 Å². The zero-order valence-corrected chi connectivity index (χ0v) is 19.4. The van der Waals surface area contributed by atoms with Gasteiger partial charge < -0.3 is 19.5 Å². The largest absolute Gasteiger partial charge is 0.494 e. The van der Waals surface area contributed by atoms with Gasteiger partial charge in [0.05, 0.1) is 18.2 Å². The Morgan fingerprint density at radius 3 is 2.75 bits per heavy atom. The molecular formula is C24H23ClN4O2S. The van der Waals surface area contributed by atoms with E-state index in [4.69, 9.17) is 33.1 Å². The van der Waals surface area contributed by atoms with Gasteiger partial charge in [-0.2, -0.15) is 4.98 Å². The summed E-state index contributed by atoms with van der Waals surface area (Å²) in [5, 5.41) is 8.83. The van der Waals surface area contributed by atoms with E-state index in [0.717, 1.165) is 28.1 Å². The summed E-state index contributed by atoms with van der Waals surface area (Å²) in [6.45, 7) is 8.98. The minimum absolute atomic E-state index is 0.257. The molecule has 0 bridgehead atoms. The Labute approximate surface area is 197 Å². The Kier molecular flexibility index (Phi) is 6.58. The molecule has 1 aliphatic rings. The first-order valence-corrected chi connectivity index (χ1v) is 11.0. The van der Waals surface area contributed by atoms with Crippen molar-refractivity contribution in [2.24, 2.45) is 0 Å². The molecule has 0 radical (unpaired) electrons. The average Bonchev–Trinajstić information content (AvgIpc) is 3.27. The molecule has 2 aromatic carbocycles.